The number of aliphatic hydroxyl groups excluding tert-OH is 1. The number of aromatic amines is 1. The van der Waals surface area contributed by atoms with E-state index in [2.05, 4.69) is 32.7 Å². The van der Waals surface area contributed by atoms with E-state index in [1.54, 1.807) is 0 Å². The van der Waals surface area contributed by atoms with Gasteiger partial charge in [-0.15, -0.1) is 0 Å². The van der Waals surface area contributed by atoms with Gasteiger partial charge in [-0.05, 0) is 57.2 Å². The minimum absolute atomic E-state index is 0.493. The molecule has 3 rings (SSSR count). The van der Waals surface area contributed by atoms with Gasteiger partial charge >= 0.3 is 0 Å². The van der Waals surface area contributed by atoms with E-state index in [9.17, 15) is 5.11 Å². The lowest BCUT2D eigenvalue weighted by molar-refractivity contribution is 0.465. The van der Waals surface area contributed by atoms with Gasteiger partial charge in [0, 0.05) is 29.3 Å². The maximum absolute atomic E-state index is 9.55. The molecule has 0 spiro atoms. The number of hydrogen-bond donors (Lipinski definition) is 4. The van der Waals surface area contributed by atoms with Gasteiger partial charge in [-0.1, -0.05) is 12.1 Å². The number of aliphatic hydroxyl groups is 1. The number of anilines is 1. The van der Waals surface area contributed by atoms with Gasteiger partial charge in [0.15, 0.2) is 5.82 Å². The second-order valence-corrected chi connectivity index (χ2v) is 6.15. The first kappa shape index (κ1) is 17.3. The minimum atomic E-state index is 0.493. The molecule has 132 valence electrons. The molecule has 2 aromatic rings. The SMILES string of the molecule is CNCCCNCc1ccc(N2C=c3cc(C)[nH]c3=N/C2=C/O)cc1. The number of hydrogen-bond acceptors (Lipinski definition) is 5. The number of rotatable bonds is 7. The number of benzene rings is 1. The summed E-state index contributed by atoms with van der Waals surface area (Å²) in [4.78, 5) is 9.55. The highest BCUT2D eigenvalue weighted by Gasteiger charge is 2.14. The molecule has 0 fully saturated rings. The number of nitrogens with zero attached hydrogens (tertiary/aromatic N) is 2. The lowest BCUT2D eigenvalue weighted by Crippen LogP contribution is -2.33. The van der Waals surface area contributed by atoms with Crippen LogP contribution in [0.3, 0.4) is 0 Å². The van der Waals surface area contributed by atoms with E-state index < -0.39 is 0 Å². The molecule has 4 N–H and O–H groups in total. The summed E-state index contributed by atoms with van der Waals surface area (Å²) in [5.74, 6) is 0.493. The topological polar surface area (TPSA) is 75.7 Å². The highest BCUT2D eigenvalue weighted by atomic mass is 16.2. The van der Waals surface area contributed by atoms with Crippen LogP contribution in [0.25, 0.3) is 6.20 Å². The summed E-state index contributed by atoms with van der Waals surface area (Å²) in [6, 6.07) is 10.3. The number of aromatic nitrogens is 1. The molecular formula is C19H25N5O. The zero-order valence-electron chi connectivity index (χ0n) is 14.7. The molecular weight excluding hydrogens is 314 g/mol. The Balaban J connectivity index is 1.72. The fourth-order valence-electron chi connectivity index (χ4n) is 2.86. The molecule has 0 saturated heterocycles. The highest BCUT2D eigenvalue weighted by Crippen LogP contribution is 2.22. The molecule has 1 aliphatic heterocycles. The van der Waals surface area contributed by atoms with Gasteiger partial charge in [0.2, 0.25) is 0 Å². The summed E-state index contributed by atoms with van der Waals surface area (Å²) in [7, 11) is 1.97. The summed E-state index contributed by atoms with van der Waals surface area (Å²) >= 11 is 0. The number of nitrogens with one attached hydrogen (secondary N) is 3. The third kappa shape index (κ3) is 4.10. The summed E-state index contributed by atoms with van der Waals surface area (Å²) in [5.41, 5.74) is 4.02. The van der Waals surface area contributed by atoms with E-state index in [4.69, 9.17) is 0 Å². The maximum atomic E-state index is 9.55. The molecule has 25 heavy (non-hydrogen) atoms. The summed E-state index contributed by atoms with van der Waals surface area (Å²) in [6.45, 7) is 4.86. The van der Waals surface area contributed by atoms with Gasteiger partial charge in [0.25, 0.3) is 0 Å². The van der Waals surface area contributed by atoms with Crippen molar-refractivity contribution in [3.05, 3.63) is 64.4 Å². The van der Waals surface area contributed by atoms with E-state index in [0.717, 1.165) is 54.4 Å². The quantitative estimate of drug-likeness (QED) is 0.452. The lowest BCUT2D eigenvalue weighted by Gasteiger charge is -2.22. The predicted octanol–water partition coefficient (Wildman–Crippen LogP) is 1.26. The third-order valence-corrected chi connectivity index (χ3v) is 4.14. The van der Waals surface area contributed by atoms with Gasteiger partial charge in [0.1, 0.15) is 11.7 Å². The molecule has 0 unspecified atom stereocenters. The van der Waals surface area contributed by atoms with Crippen molar-refractivity contribution in [1.82, 2.24) is 15.6 Å². The second kappa shape index (κ2) is 8.00. The Morgan fingerprint density at radius 3 is 2.76 bits per heavy atom. The van der Waals surface area contributed by atoms with E-state index in [0.29, 0.717) is 5.82 Å². The molecule has 1 aromatic heterocycles. The van der Waals surface area contributed by atoms with Crippen LogP contribution >= 0.6 is 0 Å². The maximum Gasteiger partial charge on any atom is 0.174 e. The van der Waals surface area contributed by atoms with Crippen molar-refractivity contribution in [2.45, 2.75) is 19.9 Å². The van der Waals surface area contributed by atoms with Crippen LogP contribution in [0, 0.1) is 6.92 Å². The highest BCUT2D eigenvalue weighted by molar-refractivity contribution is 5.65. The number of aryl methyl sites for hydroxylation is 1. The fourth-order valence-corrected chi connectivity index (χ4v) is 2.86. The Bertz CT molecular complexity index is 851. The average Bonchev–Trinajstić information content (AvgIpc) is 3.00. The van der Waals surface area contributed by atoms with Gasteiger partial charge < -0.3 is 20.7 Å². The van der Waals surface area contributed by atoms with Gasteiger partial charge in [-0.25, -0.2) is 4.99 Å². The Labute approximate surface area is 147 Å². The van der Waals surface area contributed by atoms with Crippen molar-refractivity contribution in [1.29, 1.82) is 0 Å². The molecule has 2 heterocycles. The van der Waals surface area contributed by atoms with E-state index >= 15 is 0 Å². The van der Waals surface area contributed by atoms with Crippen molar-refractivity contribution in [3.63, 3.8) is 0 Å². The zero-order valence-corrected chi connectivity index (χ0v) is 14.7. The Morgan fingerprint density at radius 1 is 1.24 bits per heavy atom. The smallest absolute Gasteiger partial charge is 0.174 e. The van der Waals surface area contributed by atoms with Gasteiger partial charge in [0.05, 0.1) is 0 Å². The molecule has 6 nitrogen and oxygen atoms in total. The number of H-pyrrole nitrogens is 1. The molecule has 0 radical (unpaired) electrons. The monoisotopic (exact) mass is 339 g/mol. The van der Waals surface area contributed by atoms with Crippen molar-refractivity contribution >= 4 is 11.9 Å². The lowest BCUT2D eigenvalue weighted by atomic mass is 10.2. The van der Waals surface area contributed by atoms with Gasteiger partial charge in [-0.2, -0.15) is 0 Å². The summed E-state index contributed by atoms with van der Waals surface area (Å²) in [5, 5.41) is 17.1. The largest absolute Gasteiger partial charge is 0.512 e. The van der Waals surface area contributed by atoms with Crippen LogP contribution in [-0.4, -0.2) is 30.2 Å². The first-order valence-corrected chi connectivity index (χ1v) is 8.55. The van der Waals surface area contributed by atoms with Crippen LogP contribution in [0.5, 0.6) is 0 Å². The van der Waals surface area contributed by atoms with Crippen molar-refractivity contribution in [2.75, 3.05) is 25.0 Å². The first-order valence-electron chi connectivity index (χ1n) is 8.55. The zero-order chi connectivity index (χ0) is 17.6. The third-order valence-electron chi connectivity index (χ3n) is 4.14. The molecule has 0 aliphatic carbocycles. The van der Waals surface area contributed by atoms with Crippen molar-refractivity contribution in [3.8, 4) is 0 Å². The van der Waals surface area contributed by atoms with E-state index in [1.165, 1.54) is 5.56 Å². The van der Waals surface area contributed by atoms with E-state index in [-0.39, 0.29) is 0 Å². The van der Waals surface area contributed by atoms with Crippen LogP contribution in [0.4, 0.5) is 5.69 Å². The van der Waals surface area contributed by atoms with Crippen LogP contribution in [0.2, 0.25) is 0 Å². The first-order chi connectivity index (χ1) is 12.2. The normalized spacial score (nSPS) is 15.0. The predicted molar refractivity (Wildman–Crippen MR) is 101 cm³/mol. The molecule has 0 bridgehead atoms. The standard InChI is InChI=1S/C19H25N5O/c1-14-10-16-12-24(18(13-25)23-19(16)22-14)17-6-4-15(5-7-17)11-21-9-3-8-20-2/h4-7,10,12-13,20-21,25H,3,8-9,11H2,1-2H3,(H,22,23)/b18-13-. The Morgan fingerprint density at radius 2 is 2.04 bits per heavy atom. The average molecular weight is 339 g/mol. The van der Waals surface area contributed by atoms with Crippen molar-refractivity contribution in [2.24, 2.45) is 4.99 Å². The molecule has 6 heteroatoms. The summed E-state index contributed by atoms with van der Waals surface area (Å²) < 4.78 is 0. The fraction of sp³-hybridized carbons (Fsp3) is 0.316. The van der Waals surface area contributed by atoms with Crippen molar-refractivity contribution < 1.29 is 5.11 Å². The van der Waals surface area contributed by atoms with Crippen LogP contribution < -0.4 is 26.2 Å². The second-order valence-electron chi connectivity index (χ2n) is 6.15. The molecule has 1 aliphatic rings. The molecule has 1 aromatic carbocycles. The van der Waals surface area contributed by atoms with Gasteiger partial charge in [-0.3, -0.25) is 4.90 Å². The molecule has 0 amide bonds. The van der Waals surface area contributed by atoms with Crippen LogP contribution in [-0.2, 0) is 6.54 Å². The Kier molecular flexibility index (Phi) is 5.53. The molecule has 0 atom stereocenters. The van der Waals surface area contributed by atoms with Crippen LogP contribution in [0.1, 0.15) is 17.7 Å². The number of fused-ring (bicyclic) bond motifs is 1. The molecule has 0 saturated carbocycles. The minimum Gasteiger partial charge on any atom is -0.512 e. The van der Waals surface area contributed by atoms with Crippen LogP contribution in [0.15, 0.2) is 47.4 Å². The van der Waals surface area contributed by atoms with E-state index in [1.807, 2.05) is 43.3 Å². The Hall–Kier alpha value is -2.57. The summed E-state index contributed by atoms with van der Waals surface area (Å²) in [6.07, 6.45) is 4.13.